The molecule has 5 heteroatoms. The van der Waals surface area contributed by atoms with E-state index in [0.29, 0.717) is 6.54 Å². The summed E-state index contributed by atoms with van der Waals surface area (Å²) in [6.45, 7) is 1.28. The molecule has 2 aromatic rings. The quantitative estimate of drug-likeness (QED) is 0.902. The van der Waals surface area contributed by atoms with Crippen molar-refractivity contribution in [2.75, 3.05) is 20.8 Å². The predicted molar refractivity (Wildman–Crippen MR) is 96.9 cm³/mol. The number of rotatable bonds is 5. The molecule has 0 aliphatic carbocycles. The topological polar surface area (TPSA) is 50.8 Å². The first-order valence-electron chi connectivity index (χ1n) is 8.53. The van der Waals surface area contributed by atoms with Crippen LogP contribution in [0.4, 0.5) is 4.79 Å². The van der Waals surface area contributed by atoms with Crippen LogP contribution in [0, 0.1) is 0 Å². The molecule has 1 aliphatic rings. The zero-order chi connectivity index (χ0) is 17.6. The number of likely N-dealkylation sites (tertiary alicyclic amines) is 1. The Balaban J connectivity index is 1.73. The average molecular weight is 340 g/mol. The van der Waals surface area contributed by atoms with Gasteiger partial charge in [0.05, 0.1) is 20.3 Å². The molecule has 0 bridgehead atoms. The van der Waals surface area contributed by atoms with Crippen molar-refractivity contribution in [2.45, 2.75) is 25.4 Å². The molecule has 3 rings (SSSR count). The number of amides is 2. The van der Waals surface area contributed by atoms with E-state index in [0.717, 1.165) is 42.0 Å². The average Bonchev–Trinajstić information content (AvgIpc) is 3.16. The van der Waals surface area contributed by atoms with Gasteiger partial charge in [-0.2, -0.15) is 0 Å². The summed E-state index contributed by atoms with van der Waals surface area (Å²) in [5.41, 5.74) is 2.12. The Labute approximate surface area is 148 Å². The number of carbonyl (C=O) groups excluding carboxylic acids is 1. The van der Waals surface area contributed by atoms with Gasteiger partial charge in [-0.25, -0.2) is 4.79 Å². The summed E-state index contributed by atoms with van der Waals surface area (Å²) >= 11 is 0. The number of carbonyl (C=O) groups is 1. The molecule has 0 saturated carbocycles. The van der Waals surface area contributed by atoms with Crippen LogP contribution in [0.25, 0.3) is 0 Å². The Kier molecular flexibility index (Phi) is 5.43. The van der Waals surface area contributed by atoms with Gasteiger partial charge in [0.1, 0.15) is 11.5 Å². The summed E-state index contributed by atoms with van der Waals surface area (Å²) in [4.78, 5) is 14.6. The van der Waals surface area contributed by atoms with Crippen LogP contribution >= 0.6 is 0 Å². The highest BCUT2D eigenvalue weighted by atomic mass is 16.5. The monoisotopic (exact) mass is 340 g/mol. The van der Waals surface area contributed by atoms with Crippen LogP contribution in [0.2, 0.25) is 0 Å². The van der Waals surface area contributed by atoms with Gasteiger partial charge in [0.25, 0.3) is 0 Å². The smallest absolute Gasteiger partial charge is 0.318 e. The van der Waals surface area contributed by atoms with E-state index in [1.165, 1.54) is 0 Å². The van der Waals surface area contributed by atoms with Gasteiger partial charge in [0.15, 0.2) is 0 Å². The van der Waals surface area contributed by atoms with E-state index >= 15 is 0 Å². The highest BCUT2D eigenvalue weighted by molar-refractivity contribution is 5.75. The molecule has 25 heavy (non-hydrogen) atoms. The third-order valence-corrected chi connectivity index (χ3v) is 4.60. The highest BCUT2D eigenvalue weighted by Gasteiger charge is 2.31. The van der Waals surface area contributed by atoms with E-state index < -0.39 is 0 Å². The first kappa shape index (κ1) is 17.1. The van der Waals surface area contributed by atoms with Gasteiger partial charge >= 0.3 is 6.03 Å². The minimum absolute atomic E-state index is 0.0247. The van der Waals surface area contributed by atoms with Crippen molar-refractivity contribution in [3.8, 4) is 11.5 Å². The second-order valence-corrected chi connectivity index (χ2v) is 6.10. The lowest BCUT2D eigenvalue weighted by atomic mass is 10.0. The Morgan fingerprint density at radius 3 is 2.68 bits per heavy atom. The van der Waals surface area contributed by atoms with E-state index in [1.807, 2.05) is 53.4 Å². The van der Waals surface area contributed by atoms with Crippen molar-refractivity contribution in [3.05, 3.63) is 59.7 Å². The molecular formula is C20H24N2O3. The van der Waals surface area contributed by atoms with Crippen molar-refractivity contribution < 1.29 is 14.3 Å². The van der Waals surface area contributed by atoms with Crippen LogP contribution < -0.4 is 14.8 Å². The zero-order valence-electron chi connectivity index (χ0n) is 14.7. The molecule has 0 spiro atoms. The maximum absolute atomic E-state index is 12.7. The van der Waals surface area contributed by atoms with Gasteiger partial charge in [-0.05, 0) is 30.5 Å². The summed E-state index contributed by atoms with van der Waals surface area (Å²) < 4.78 is 10.8. The lowest BCUT2D eigenvalue weighted by Gasteiger charge is -2.26. The molecule has 0 aromatic heterocycles. The number of nitrogens with zero attached hydrogens (tertiary/aromatic N) is 1. The number of methoxy groups -OCH3 is 2. The van der Waals surface area contributed by atoms with Crippen LogP contribution in [0.3, 0.4) is 0 Å². The van der Waals surface area contributed by atoms with Gasteiger partial charge in [-0.3, -0.25) is 0 Å². The molecule has 1 aliphatic heterocycles. The first-order chi connectivity index (χ1) is 12.2. The summed E-state index contributed by atoms with van der Waals surface area (Å²) in [7, 11) is 3.28. The number of urea groups is 1. The molecule has 2 aromatic carbocycles. The minimum atomic E-state index is -0.0378. The van der Waals surface area contributed by atoms with Crippen LogP contribution in [0.15, 0.2) is 48.5 Å². The predicted octanol–water partition coefficient (Wildman–Crippen LogP) is 3.75. The van der Waals surface area contributed by atoms with E-state index in [9.17, 15) is 4.79 Å². The van der Waals surface area contributed by atoms with Crippen LogP contribution in [0.5, 0.6) is 11.5 Å². The molecule has 1 fully saturated rings. The van der Waals surface area contributed by atoms with Crippen LogP contribution in [-0.4, -0.2) is 31.7 Å². The summed E-state index contributed by atoms with van der Waals surface area (Å²) in [6, 6.07) is 15.7. The Morgan fingerprint density at radius 2 is 1.96 bits per heavy atom. The summed E-state index contributed by atoms with van der Waals surface area (Å²) in [5.74, 6) is 1.51. The highest BCUT2D eigenvalue weighted by Crippen LogP contribution is 2.38. The molecule has 132 valence electrons. The Bertz CT molecular complexity index is 718. The Morgan fingerprint density at radius 1 is 1.16 bits per heavy atom. The lowest BCUT2D eigenvalue weighted by molar-refractivity contribution is 0.191. The molecule has 1 heterocycles. The van der Waals surface area contributed by atoms with Crippen molar-refractivity contribution in [1.29, 1.82) is 0 Å². The fourth-order valence-electron chi connectivity index (χ4n) is 3.30. The number of nitrogens with one attached hydrogen (secondary N) is 1. The Hall–Kier alpha value is -2.69. The third kappa shape index (κ3) is 3.87. The zero-order valence-corrected chi connectivity index (χ0v) is 14.7. The van der Waals surface area contributed by atoms with E-state index in [2.05, 4.69) is 5.32 Å². The van der Waals surface area contributed by atoms with Gasteiger partial charge in [-0.15, -0.1) is 0 Å². The van der Waals surface area contributed by atoms with Crippen molar-refractivity contribution >= 4 is 6.03 Å². The second-order valence-electron chi connectivity index (χ2n) is 6.10. The molecular weight excluding hydrogens is 316 g/mol. The maximum atomic E-state index is 12.7. The lowest BCUT2D eigenvalue weighted by Crippen LogP contribution is -2.39. The SMILES string of the molecule is COc1ccc(C2CCCN2C(=O)NCc2ccccc2)c(OC)c1. The maximum Gasteiger partial charge on any atom is 0.318 e. The van der Waals surface area contributed by atoms with Crippen molar-refractivity contribution in [2.24, 2.45) is 0 Å². The normalized spacial score (nSPS) is 16.6. The van der Waals surface area contributed by atoms with Gasteiger partial charge in [0.2, 0.25) is 0 Å². The van der Waals surface area contributed by atoms with Crippen molar-refractivity contribution in [3.63, 3.8) is 0 Å². The molecule has 1 saturated heterocycles. The second kappa shape index (κ2) is 7.92. The molecule has 0 radical (unpaired) electrons. The number of hydrogen-bond acceptors (Lipinski definition) is 3. The molecule has 5 nitrogen and oxygen atoms in total. The van der Waals surface area contributed by atoms with Crippen molar-refractivity contribution in [1.82, 2.24) is 10.2 Å². The number of ether oxygens (including phenoxy) is 2. The van der Waals surface area contributed by atoms with E-state index in [4.69, 9.17) is 9.47 Å². The fourth-order valence-corrected chi connectivity index (χ4v) is 3.30. The first-order valence-corrected chi connectivity index (χ1v) is 8.53. The molecule has 2 amide bonds. The van der Waals surface area contributed by atoms with E-state index in [1.54, 1.807) is 14.2 Å². The van der Waals surface area contributed by atoms with Crippen LogP contribution in [-0.2, 0) is 6.54 Å². The minimum Gasteiger partial charge on any atom is -0.497 e. The standard InChI is InChI=1S/C20H24N2O3/c1-24-16-10-11-17(19(13-16)25-2)18-9-6-12-22(18)20(23)21-14-15-7-4-3-5-8-15/h3-5,7-8,10-11,13,18H,6,9,12,14H2,1-2H3,(H,21,23). The van der Waals surface area contributed by atoms with Crippen LogP contribution in [0.1, 0.15) is 30.0 Å². The number of hydrogen-bond donors (Lipinski definition) is 1. The van der Waals surface area contributed by atoms with E-state index in [-0.39, 0.29) is 12.1 Å². The summed E-state index contributed by atoms with van der Waals surface area (Å²) in [5, 5.41) is 3.02. The largest absolute Gasteiger partial charge is 0.497 e. The summed E-state index contributed by atoms with van der Waals surface area (Å²) in [6.07, 6.45) is 1.92. The van der Waals surface area contributed by atoms with Gasteiger partial charge in [-0.1, -0.05) is 30.3 Å². The molecule has 1 N–H and O–H groups in total. The fraction of sp³-hybridized carbons (Fsp3) is 0.350. The van der Waals surface area contributed by atoms with Gasteiger partial charge in [0, 0.05) is 24.7 Å². The third-order valence-electron chi connectivity index (χ3n) is 4.60. The number of benzene rings is 2. The molecule has 1 unspecified atom stereocenters. The van der Waals surface area contributed by atoms with Gasteiger partial charge < -0.3 is 19.7 Å². The molecule has 1 atom stereocenters.